The Morgan fingerprint density at radius 1 is 1.16 bits per heavy atom. The van der Waals surface area contributed by atoms with Crippen LogP contribution in [-0.2, 0) is 9.84 Å². The van der Waals surface area contributed by atoms with Crippen molar-refractivity contribution in [3.05, 3.63) is 34.9 Å². The zero-order valence-electron chi connectivity index (χ0n) is 12.5. The second kappa shape index (κ2) is 6.53. The summed E-state index contributed by atoms with van der Waals surface area (Å²) in [4.78, 5) is 0. The highest BCUT2D eigenvalue weighted by molar-refractivity contribution is 7.90. The van der Waals surface area contributed by atoms with Gasteiger partial charge in [-0.25, -0.2) is 8.42 Å². The van der Waals surface area contributed by atoms with E-state index in [2.05, 4.69) is 44.3 Å². The lowest BCUT2D eigenvalue weighted by molar-refractivity contribution is 0.468. The van der Waals surface area contributed by atoms with Crippen molar-refractivity contribution in [3.63, 3.8) is 0 Å². The molecule has 0 amide bonds. The zero-order valence-corrected chi connectivity index (χ0v) is 13.3. The maximum Gasteiger partial charge on any atom is 0.147 e. The molecule has 1 N–H and O–H groups in total. The van der Waals surface area contributed by atoms with E-state index in [-0.39, 0.29) is 17.8 Å². The molecular weight excluding hydrogens is 258 g/mol. The van der Waals surface area contributed by atoms with E-state index in [9.17, 15) is 8.42 Å². The Hall–Kier alpha value is -0.870. The molecule has 3 nitrogen and oxygen atoms in total. The number of rotatable bonds is 6. The lowest BCUT2D eigenvalue weighted by atomic mass is 10.0. The van der Waals surface area contributed by atoms with E-state index in [4.69, 9.17) is 0 Å². The molecule has 1 aromatic rings. The molecule has 2 atom stereocenters. The highest BCUT2D eigenvalue weighted by Crippen LogP contribution is 2.17. The Bertz CT molecular complexity index is 523. The Kier molecular flexibility index (Phi) is 5.56. The summed E-state index contributed by atoms with van der Waals surface area (Å²) < 4.78 is 22.3. The van der Waals surface area contributed by atoms with E-state index in [1.165, 1.54) is 22.9 Å². The predicted octanol–water partition coefficient (Wildman–Crippen LogP) is 2.78. The van der Waals surface area contributed by atoms with Crippen LogP contribution in [0.4, 0.5) is 0 Å². The van der Waals surface area contributed by atoms with Gasteiger partial charge in [0.15, 0.2) is 0 Å². The Balaban J connectivity index is 2.58. The lowest BCUT2D eigenvalue weighted by Gasteiger charge is -2.21. The summed E-state index contributed by atoms with van der Waals surface area (Å²) in [5, 5.41) is 3.45. The van der Waals surface area contributed by atoms with Crippen molar-refractivity contribution >= 4 is 9.84 Å². The fourth-order valence-electron chi connectivity index (χ4n) is 2.03. The summed E-state index contributed by atoms with van der Waals surface area (Å²) in [6, 6.07) is 6.86. The first-order chi connectivity index (χ1) is 8.69. The smallest absolute Gasteiger partial charge is 0.147 e. The van der Waals surface area contributed by atoms with Crippen molar-refractivity contribution in [3.8, 4) is 0 Å². The molecule has 0 fully saturated rings. The third-order valence-electron chi connectivity index (χ3n) is 3.49. The van der Waals surface area contributed by atoms with Crippen LogP contribution in [0.1, 0.15) is 43.0 Å². The van der Waals surface area contributed by atoms with Gasteiger partial charge in [-0.1, -0.05) is 18.2 Å². The molecule has 0 aromatic heterocycles. The number of benzene rings is 1. The van der Waals surface area contributed by atoms with Crippen molar-refractivity contribution in [1.29, 1.82) is 0 Å². The van der Waals surface area contributed by atoms with Gasteiger partial charge in [-0.05, 0) is 50.8 Å². The molecule has 0 radical (unpaired) electrons. The third kappa shape index (κ3) is 5.74. The van der Waals surface area contributed by atoms with Gasteiger partial charge < -0.3 is 5.32 Å². The molecule has 0 aliphatic carbocycles. The molecule has 1 aromatic carbocycles. The van der Waals surface area contributed by atoms with Gasteiger partial charge in [-0.3, -0.25) is 0 Å². The number of hydrogen-bond donors (Lipinski definition) is 1. The maximum atomic E-state index is 11.1. The molecule has 0 bridgehead atoms. The molecule has 0 saturated carbocycles. The lowest BCUT2D eigenvalue weighted by Crippen LogP contribution is -2.30. The topological polar surface area (TPSA) is 46.2 Å². The Morgan fingerprint density at radius 3 is 2.32 bits per heavy atom. The fraction of sp³-hybridized carbons (Fsp3) is 0.600. The summed E-state index contributed by atoms with van der Waals surface area (Å²) in [6.45, 7) is 8.36. The molecule has 4 heteroatoms. The van der Waals surface area contributed by atoms with E-state index in [1.807, 2.05) is 6.92 Å². The van der Waals surface area contributed by atoms with Crippen molar-refractivity contribution in [2.24, 2.45) is 0 Å². The van der Waals surface area contributed by atoms with Crippen LogP contribution in [0.15, 0.2) is 18.2 Å². The van der Waals surface area contributed by atoms with Gasteiger partial charge in [0.2, 0.25) is 0 Å². The molecule has 2 unspecified atom stereocenters. The SMILES string of the molecule is Cc1ccc(C(C)NC(C)CCS(C)(=O)=O)cc1C. The first kappa shape index (κ1) is 16.2. The van der Waals surface area contributed by atoms with E-state index < -0.39 is 9.84 Å². The molecule has 0 saturated heterocycles. The van der Waals surface area contributed by atoms with Crippen LogP contribution in [0.2, 0.25) is 0 Å². The number of nitrogens with one attached hydrogen (secondary N) is 1. The Labute approximate surface area is 117 Å². The van der Waals surface area contributed by atoms with Crippen LogP contribution in [0.3, 0.4) is 0 Å². The molecule has 0 aliphatic rings. The fourth-order valence-corrected chi connectivity index (χ4v) is 2.81. The van der Waals surface area contributed by atoms with Gasteiger partial charge in [0.25, 0.3) is 0 Å². The number of hydrogen-bond acceptors (Lipinski definition) is 3. The summed E-state index contributed by atoms with van der Waals surface area (Å²) >= 11 is 0. The second-order valence-corrected chi connectivity index (χ2v) is 7.81. The van der Waals surface area contributed by atoms with E-state index >= 15 is 0 Å². The monoisotopic (exact) mass is 283 g/mol. The van der Waals surface area contributed by atoms with Gasteiger partial charge in [0.1, 0.15) is 9.84 Å². The van der Waals surface area contributed by atoms with Crippen LogP contribution >= 0.6 is 0 Å². The maximum absolute atomic E-state index is 11.1. The van der Waals surface area contributed by atoms with E-state index in [1.54, 1.807) is 0 Å². The first-order valence-corrected chi connectivity index (χ1v) is 8.76. The van der Waals surface area contributed by atoms with E-state index in [0.717, 1.165) is 0 Å². The largest absolute Gasteiger partial charge is 0.308 e. The average molecular weight is 283 g/mol. The molecular formula is C15H25NO2S. The van der Waals surface area contributed by atoms with Crippen LogP contribution in [-0.4, -0.2) is 26.5 Å². The predicted molar refractivity (Wildman–Crippen MR) is 81.3 cm³/mol. The standard InChI is InChI=1S/C15H25NO2S/c1-11-6-7-15(10-12(11)2)14(4)16-13(3)8-9-19(5,17)18/h6-7,10,13-14,16H,8-9H2,1-5H3. The molecule has 108 valence electrons. The normalized spacial score (nSPS) is 15.2. The summed E-state index contributed by atoms with van der Waals surface area (Å²) in [6.07, 6.45) is 1.93. The summed E-state index contributed by atoms with van der Waals surface area (Å²) in [5.74, 6) is 0.237. The minimum atomic E-state index is -2.87. The first-order valence-electron chi connectivity index (χ1n) is 6.70. The highest BCUT2D eigenvalue weighted by atomic mass is 32.2. The quantitative estimate of drug-likeness (QED) is 0.873. The van der Waals surface area contributed by atoms with Gasteiger partial charge in [-0.15, -0.1) is 0 Å². The Morgan fingerprint density at radius 2 is 1.79 bits per heavy atom. The van der Waals surface area contributed by atoms with Gasteiger partial charge in [0, 0.05) is 18.3 Å². The summed E-state index contributed by atoms with van der Waals surface area (Å²) in [7, 11) is -2.87. The zero-order chi connectivity index (χ0) is 14.6. The molecule has 19 heavy (non-hydrogen) atoms. The van der Waals surface area contributed by atoms with Gasteiger partial charge in [-0.2, -0.15) is 0 Å². The summed E-state index contributed by atoms with van der Waals surface area (Å²) in [5.41, 5.74) is 3.82. The van der Waals surface area contributed by atoms with E-state index in [0.29, 0.717) is 6.42 Å². The van der Waals surface area contributed by atoms with Crippen molar-refractivity contribution < 1.29 is 8.42 Å². The highest BCUT2D eigenvalue weighted by Gasteiger charge is 2.12. The minimum Gasteiger partial charge on any atom is -0.308 e. The van der Waals surface area contributed by atoms with Crippen LogP contribution in [0, 0.1) is 13.8 Å². The van der Waals surface area contributed by atoms with Crippen LogP contribution < -0.4 is 5.32 Å². The third-order valence-corrected chi connectivity index (χ3v) is 4.46. The molecule has 0 heterocycles. The van der Waals surface area contributed by atoms with Crippen molar-refractivity contribution in [1.82, 2.24) is 5.32 Å². The second-order valence-electron chi connectivity index (χ2n) is 5.55. The average Bonchev–Trinajstić information content (AvgIpc) is 2.29. The van der Waals surface area contributed by atoms with Crippen LogP contribution in [0.25, 0.3) is 0 Å². The van der Waals surface area contributed by atoms with Gasteiger partial charge in [0.05, 0.1) is 5.75 Å². The molecule has 1 rings (SSSR count). The number of aryl methyl sites for hydroxylation is 2. The molecule has 0 spiro atoms. The minimum absolute atomic E-state index is 0.186. The molecule has 0 aliphatic heterocycles. The van der Waals surface area contributed by atoms with Crippen molar-refractivity contribution in [2.45, 2.75) is 46.2 Å². The van der Waals surface area contributed by atoms with Crippen LogP contribution in [0.5, 0.6) is 0 Å². The van der Waals surface area contributed by atoms with Gasteiger partial charge >= 0.3 is 0 Å². The van der Waals surface area contributed by atoms with Crippen molar-refractivity contribution in [2.75, 3.05) is 12.0 Å². The number of sulfone groups is 1.